The second kappa shape index (κ2) is 20.7. The quantitative estimate of drug-likeness (QED) is 0.109. The SMILES string of the molecule is COc1ccc(N(Cc2ccnc(-c3cc(OC)c(OC)c(OC)c3)c2)C2CCN(Cc3ccnc(-c4ccc(OC)c(OC)c4)c3)CC2)cc1.Cl.Cl.Cl. The molecule has 0 N–H and O–H groups in total. The minimum Gasteiger partial charge on any atom is -0.497 e. The lowest BCUT2D eigenvalue weighted by Crippen LogP contribution is -2.44. The molecule has 0 amide bonds. The summed E-state index contributed by atoms with van der Waals surface area (Å²) in [4.78, 5) is 14.4. The Labute approximate surface area is 336 Å². The van der Waals surface area contributed by atoms with Crippen molar-refractivity contribution in [2.75, 3.05) is 60.6 Å². The fourth-order valence-corrected chi connectivity index (χ4v) is 6.73. The van der Waals surface area contributed by atoms with Crippen LogP contribution in [0.2, 0.25) is 0 Å². The van der Waals surface area contributed by atoms with Crippen LogP contribution in [0.1, 0.15) is 24.0 Å². The number of halogens is 3. The Morgan fingerprint density at radius 3 is 1.70 bits per heavy atom. The van der Waals surface area contributed by atoms with E-state index in [9.17, 15) is 0 Å². The first kappa shape index (κ1) is 43.8. The van der Waals surface area contributed by atoms with Gasteiger partial charge in [0, 0.05) is 61.4 Å². The van der Waals surface area contributed by atoms with Gasteiger partial charge >= 0.3 is 0 Å². The van der Waals surface area contributed by atoms with Crippen LogP contribution in [0.3, 0.4) is 0 Å². The first-order valence-electron chi connectivity index (χ1n) is 17.0. The number of hydrogen-bond acceptors (Lipinski definition) is 10. The molecule has 2 aromatic heterocycles. The zero-order valence-electron chi connectivity index (χ0n) is 31.4. The highest BCUT2D eigenvalue weighted by molar-refractivity contribution is 5.86. The van der Waals surface area contributed by atoms with Crippen molar-refractivity contribution in [3.05, 3.63) is 102 Å². The van der Waals surface area contributed by atoms with Crippen LogP contribution in [-0.2, 0) is 13.1 Å². The molecular weight excluding hydrogens is 751 g/mol. The summed E-state index contributed by atoms with van der Waals surface area (Å²) in [5.74, 6) is 3.97. The molecular formula is C41H49Cl3N4O6. The third-order valence-corrected chi connectivity index (χ3v) is 9.45. The number of hydrogen-bond donors (Lipinski definition) is 0. The molecule has 10 nitrogen and oxygen atoms in total. The Morgan fingerprint density at radius 2 is 1.13 bits per heavy atom. The van der Waals surface area contributed by atoms with Crippen molar-refractivity contribution in [1.82, 2.24) is 14.9 Å². The van der Waals surface area contributed by atoms with Gasteiger partial charge in [-0.05, 0) is 103 Å². The second-order valence-electron chi connectivity index (χ2n) is 12.4. The van der Waals surface area contributed by atoms with Gasteiger partial charge in [-0.1, -0.05) is 0 Å². The van der Waals surface area contributed by atoms with E-state index < -0.39 is 0 Å². The maximum absolute atomic E-state index is 5.61. The fourth-order valence-electron chi connectivity index (χ4n) is 6.73. The molecule has 5 aromatic rings. The van der Waals surface area contributed by atoms with Crippen LogP contribution in [0.15, 0.2) is 91.3 Å². The van der Waals surface area contributed by atoms with E-state index in [-0.39, 0.29) is 37.2 Å². The zero-order valence-corrected chi connectivity index (χ0v) is 33.9. The van der Waals surface area contributed by atoms with Crippen molar-refractivity contribution in [3.8, 4) is 57.0 Å². The van der Waals surface area contributed by atoms with Crippen LogP contribution >= 0.6 is 37.2 Å². The second-order valence-corrected chi connectivity index (χ2v) is 12.4. The molecule has 6 rings (SSSR count). The van der Waals surface area contributed by atoms with Crippen LogP contribution in [-0.4, -0.2) is 76.7 Å². The molecule has 54 heavy (non-hydrogen) atoms. The van der Waals surface area contributed by atoms with Gasteiger partial charge in [-0.3, -0.25) is 14.9 Å². The number of likely N-dealkylation sites (tertiary alicyclic amines) is 1. The average molecular weight is 800 g/mol. The van der Waals surface area contributed by atoms with Crippen molar-refractivity contribution in [3.63, 3.8) is 0 Å². The van der Waals surface area contributed by atoms with Gasteiger partial charge in [-0.2, -0.15) is 0 Å². The van der Waals surface area contributed by atoms with E-state index in [1.54, 1.807) is 42.7 Å². The lowest BCUT2D eigenvalue weighted by Gasteiger charge is -2.40. The highest BCUT2D eigenvalue weighted by atomic mass is 35.5. The van der Waals surface area contributed by atoms with Crippen LogP contribution in [0.5, 0.6) is 34.5 Å². The Morgan fingerprint density at radius 1 is 0.574 bits per heavy atom. The molecule has 290 valence electrons. The standard InChI is InChI=1S/C41H46N4O6.3ClH/c1-46-34-10-8-32(9-11-34)45(27-29-14-18-43-36(22-29)31-24-39(49-4)41(51-6)40(25-31)50-5)33-15-19-44(20-16-33)26-28-13-17-42-35(21-28)30-7-12-37(47-2)38(23-30)48-3;;;/h7-14,17-18,21-25,33H,15-16,19-20,26-27H2,1-6H3;3*1H. The Balaban J connectivity index is 0.00000261. The third kappa shape index (κ3) is 10.1. The van der Waals surface area contributed by atoms with Gasteiger partial charge in [0.25, 0.3) is 0 Å². The van der Waals surface area contributed by atoms with Crippen molar-refractivity contribution < 1.29 is 28.4 Å². The molecule has 0 aliphatic carbocycles. The van der Waals surface area contributed by atoms with Crippen LogP contribution < -0.4 is 33.3 Å². The molecule has 0 spiro atoms. The van der Waals surface area contributed by atoms with E-state index in [1.165, 1.54) is 5.56 Å². The summed E-state index contributed by atoms with van der Waals surface area (Å²) < 4.78 is 33.2. The van der Waals surface area contributed by atoms with E-state index in [2.05, 4.69) is 51.2 Å². The fraction of sp³-hybridized carbons (Fsp3) is 0.317. The molecule has 3 heterocycles. The maximum Gasteiger partial charge on any atom is 0.203 e. The summed E-state index contributed by atoms with van der Waals surface area (Å²) in [5, 5.41) is 0. The number of nitrogens with zero attached hydrogens (tertiary/aromatic N) is 4. The minimum atomic E-state index is 0. The number of methoxy groups -OCH3 is 6. The summed E-state index contributed by atoms with van der Waals surface area (Å²) in [6.07, 6.45) is 5.82. The molecule has 1 aliphatic heterocycles. The van der Waals surface area contributed by atoms with Crippen LogP contribution in [0.4, 0.5) is 5.69 Å². The van der Waals surface area contributed by atoms with Crippen molar-refractivity contribution in [1.29, 1.82) is 0 Å². The van der Waals surface area contributed by atoms with Crippen LogP contribution in [0, 0.1) is 0 Å². The van der Waals surface area contributed by atoms with Crippen LogP contribution in [0.25, 0.3) is 22.5 Å². The van der Waals surface area contributed by atoms with Gasteiger partial charge in [0.15, 0.2) is 23.0 Å². The highest BCUT2D eigenvalue weighted by Crippen LogP contribution is 2.41. The Kier molecular flexibility index (Phi) is 16.8. The number of anilines is 1. The number of rotatable bonds is 14. The molecule has 0 atom stereocenters. The van der Waals surface area contributed by atoms with Gasteiger partial charge in [0.1, 0.15) is 5.75 Å². The summed E-state index contributed by atoms with van der Waals surface area (Å²) in [7, 11) is 9.84. The molecule has 1 aliphatic rings. The van der Waals surface area contributed by atoms with E-state index in [1.807, 2.05) is 54.9 Å². The first-order chi connectivity index (χ1) is 25.0. The van der Waals surface area contributed by atoms with Gasteiger partial charge in [0.05, 0.1) is 54.0 Å². The zero-order chi connectivity index (χ0) is 35.7. The van der Waals surface area contributed by atoms with Gasteiger partial charge in [0.2, 0.25) is 5.75 Å². The molecule has 0 bridgehead atoms. The smallest absolute Gasteiger partial charge is 0.203 e. The molecule has 0 unspecified atom stereocenters. The normalized spacial score (nSPS) is 12.6. The predicted octanol–water partition coefficient (Wildman–Crippen LogP) is 8.80. The third-order valence-electron chi connectivity index (χ3n) is 9.45. The Bertz CT molecular complexity index is 1900. The lowest BCUT2D eigenvalue weighted by molar-refractivity contribution is 0.201. The summed E-state index contributed by atoms with van der Waals surface area (Å²) in [5.41, 5.74) is 7.18. The van der Waals surface area contributed by atoms with Gasteiger partial charge < -0.3 is 33.3 Å². The van der Waals surface area contributed by atoms with Gasteiger partial charge in [-0.15, -0.1) is 37.2 Å². The van der Waals surface area contributed by atoms with E-state index in [0.29, 0.717) is 34.8 Å². The highest BCUT2D eigenvalue weighted by Gasteiger charge is 2.26. The molecule has 0 saturated carbocycles. The summed E-state index contributed by atoms with van der Waals surface area (Å²) in [6.45, 7) is 3.56. The van der Waals surface area contributed by atoms with E-state index >= 15 is 0 Å². The maximum atomic E-state index is 5.61. The minimum absolute atomic E-state index is 0. The number of pyridine rings is 2. The lowest BCUT2D eigenvalue weighted by atomic mass is 10.00. The van der Waals surface area contributed by atoms with Gasteiger partial charge in [-0.25, -0.2) is 0 Å². The molecule has 1 fully saturated rings. The average Bonchev–Trinajstić information content (AvgIpc) is 3.19. The molecule has 0 radical (unpaired) electrons. The summed E-state index contributed by atoms with van der Waals surface area (Å²) >= 11 is 0. The first-order valence-corrected chi connectivity index (χ1v) is 17.0. The van der Waals surface area contributed by atoms with Crippen molar-refractivity contribution >= 4 is 42.9 Å². The monoisotopic (exact) mass is 798 g/mol. The number of piperidine rings is 1. The van der Waals surface area contributed by atoms with Crippen molar-refractivity contribution in [2.24, 2.45) is 0 Å². The largest absolute Gasteiger partial charge is 0.497 e. The Hall–Kier alpha value is -4.61. The summed E-state index contributed by atoms with van der Waals surface area (Å²) in [6, 6.07) is 27.0. The molecule has 13 heteroatoms. The predicted molar refractivity (Wildman–Crippen MR) is 221 cm³/mol. The topological polar surface area (TPSA) is 87.6 Å². The van der Waals surface area contributed by atoms with E-state index in [0.717, 1.165) is 78.5 Å². The number of benzene rings is 3. The molecule has 1 saturated heterocycles. The van der Waals surface area contributed by atoms with Crippen molar-refractivity contribution in [2.45, 2.75) is 32.0 Å². The number of ether oxygens (including phenoxy) is 6. The molecule has 3 aromatic carbocycles. The number of aromatic nitrogens is 2. The van der Waals surface area contributed by atoms with E-state index in [4.69, 9.17) is 33.4 Å².